The Morgan fingerprint density at radius 2 is 1.91 bits per heavy atom. The number of carbonyl (C=O) groups excluding carboxylic acids is 1. The Hall–Kier alpha value is -2.19. The van der Waals surface area contributed by atoms with Crippen molar-refractivity contribution in [3.63, 3.8) is 0 Å². The van der Waals surface area contributed by atoms with Crippen molar-refractivity contribution in [1.82, 2.24) is 9.71 Å². The third kappa shape index (κ3) is 6.92. The molecule has 4 rings (SSSR count). The summed E-state index contributed by atoms with van der Waals surface area (Å²) in [6, 6.07) is 19.5. The summed E-state index contributed by atoms with van der Waals surface area (Å²) in [7, 11) is 0. The van der Waals surface area contributed by atoms with E-state index in [9.17, 15) is 4.79 Å². The third-order valence-electron chi connectivity index (χ3n) is 5.88. The Kier molecular flexibility index (Phi) is 9.16. The van der Waals surface area contributed by atoms with Crippen LogP contribution in [-0.2, 0) is 5.75 Å². The summed E-state index contributed by atoms with van der Waals surface area (Å²) in [6.07, 6.45) is 6.07. The van der Waals surface area contributed by atoms with Gasteiger partial charge < -0.3 is 10.2 Å². The number of hydrogen-bond acceptors (Lipinski definition) is 6. The van der Waals surface area contributed by atoms with Crippen LogP contribution in [0.25, 0.3) is 0 Å². The van der Waals surface area contributed by atoms with Gasteiger partial charge in [-0.05, 0) is 54.8 Å². The van der Waals surface area contributed by atoms with Gasteiger partial charge in [0.15, 0.2) is 5.82 Å². The highest BCUT2D eigenvalue weighted by Crippen LogP contribution is 2.31. The van der Waals surface area contributed by atoms with Crippen molar-refractivity contribution in [3.8, 4) is 0 Å². The van der Waals surface area contributed by atoms with Crippen molar-refractivity contribution in [2.24, 2.45) is 5.92 Å². The van der Waals surface area contributed by atoms with Crippen molar-refractivity contribution < 1.29 is 4.79 Å². The first kappa shape index (κ1) is 24.9. The average molecular weight is 513 g/mol. The number of hydrogen-bond donors (Lipinski definition) is 2. The number of thioether (sulfide) groups is 1. The maximum atomic E-state index is 12.9. The number of halogens is 1. The quantitative estimate of drug-likeness (QED) is 0.197. The van der Waals surface area contributed by atoms with Gasteiger partial charge in [0.2, 0.25) is 0 Å². The molecule has 0 bridgehead atoms. The van der Waals surface area contributed by atoms with Crippen molar-refractivity contribution in [2.45, 2.75) is 23.5 Å². The highest BCUT2D eigenvalue weighted by Gasteiger charge is 2.23. The monoisotopic (exact) mass is 512 g/mol. The summed E-state index contributed by atoms with van der Waals surface area (Å²) >= 11 is 9.46. The van der Waals surface area contributed by atoms with Crippen LogP contribution in [0.3, 0.4) is 0 Å². The standard InChI is InChI=1S/C26H29ClN4OS2/c1-33-23-15-24(30-26(32)21-8-5-9-22(27)14-21)25(28-17-23)31-12-10-19(11-13-31)16-29-34-18-20-6-3-2-4-7-20/h2-9,14-15,17,19,29H,10-13,16,18H2,1H3,(H,30,32). The minimum atomic E-state index is -0.182. The molecule has 178 valence electrons. The molecule has 1 aliphatic heterocycles. The van der Waals surface area contributed by atoms with Crippen LogP contribution >= 0.6 is 35.3 Å². The summed E-state index contributed by atoms with van der Waals surface area (Å²) in [5.41, 5.74) is 2.61. The molecule has 0 atom stereocenters. The summed E-state index contributed by atoms with van der Waals surface area (Å²) in [5, 5.41) is 3.61. The Bertz CT molecular complexity index is 1090. The molecule has 3 aromatic rings. The van der Waals surface area contributed by atoms with Crippen LogP contribution in [0.4, 0.5) is 11.5 Å². The lowest BCUT2D eigenvalue weighted by molar-refractivity contribution is 0.102. The molecule has 8 heteroatoms. The summed E-state index contributed by atoms with van der Waals surface area (Å²) < 4.78 is 3.55. The molecule has 0 aliphatic carbocycles. The normalized spacial score (nSPS) is 14.2. The van der Waals surface area contributed by atoms with Gasteiger partial charge in [-0.25, -0.2) is 4.98 Å². The van der Waals surface area contributed by atoms with E-state index < -0.39 is 0 Å². The zero-order valence-electron chi connectivity index (χ0n) is 19.2. The van der Waals surface area contributed by atoms with Crippen LogP contribution in [0.2, 0.25) is 5.02 Å². The van der Waals surface area contributed by atoms with Gasteiger partial charge in [0.05, 0.1) is 5.69 Å². The van der Waals surface area contributed by atoms with E-state index in [4.69, 9.17) is 16.6 Å². The fraction of sp³-hybridized carbons (Fsp3) is 0.308. The molecule has 1 saturated heterocycles. The van der Waals surface area contributed by atoms with Gasteiger partial charge in [-0.3, -0.25) is 9.52 Å². The van der Waals surface area contributed by atoms with Crippen LogP contribution in [0, 0.1) is 5.92 Å². The van der Waals surface area contributed by atoms with Gasteiger partial charge in [-0.1, -0.05) is 59.9 Å². The third-order valence-corrected chi connectivity index (χ3v) is 7.66. The van der Waals surface area contributed by atoms with E-state index in [2.05, 4.69) is 39.2 Å². The molecule has 34 heavy (non-hydrogen) atoms. The van der Waals surface area contributed by atoms with E-state index in [0.29, 0.717) is 16.5 Å². The van der Waals surface area contributed by atoms with Crippen molar-refractivity contribution >= 4 is 52.7 Å². The van der Waals surface area contributed by atoms with Gasteiger partial charge in [-0.2, -0.15) is 0 Å². The first-order valence-electron chi connectivity index (χ1n) is 11.4. The smallest absolute Gasteiger partial charge is 0.255 e. The molecule has 2 N–H and O–H groups in total. The second kappa shape index (κ2) is 12.5. The maximum absolute atomic E-state index is 12.9. The molecule has 1 aliphatic rings. The highest BCUT2D eigenvalue weighted by molar-refractivity contribution is 7.98. The van der Waals surface area contributed by atoms with Crippen LogP contribution in [0.5, 0.6) is 0 Å². The lowest BCUT2D eigenvalue weighted by Crippen LogP contribution is -2.37. The fourth-order valence-corrected chi connectivity index (χ4v) is 5.35. The molecular formula is C26H29ClN4OS2. The van der Waals surface area contributed by atoms with E-state index in [1.807, 2.05) is 24.6 Å². The van der Waals surface area contributed by atoms with Crippen molar-refractivity contribution in [2.75, 3.05) is 36.1 Å². The van der Waals surface area contributed by atoms with E-state index in [0.717, 1.165) is 54.6 Å². The van der Waals surface area contributed by atoms with Gasteiger partial charge in [0, 0.05) is 47.1 Å². The molecule has 1 amide bonds. The number of anilines is 2. The fourth-order valence-electron chi connectivity index (χ4n) is 3.95. The number of nitrogens with one attached hydrogen (secondary N) is 2. The molecule has 0 spiro atoms. The molecular weight excluding hydrogens is 484 g/mol. The lowest BCUT2D eigenvalue weighted by Gasteiger charge is -2.34. The summed E-state index contributed by atoms with van der Waals surface area (Å²) in [6.45, 7) is 2.84. The molecule has 5 nitrogen and oxygen atoms in total. The largest absolute Gasteiger partial charge is 0.355 e. The number of pyridine rings is 1. The zero-order chi connectivity index (χ0) is 23.8. The molecule has 0 unspecified atom stereocenters. The van der Waals surface area contributed by atoms with Gasteiger partial charge in [0.25, 0.3) is 5.91 Å². The van der Waals surface area contributed by atoms with Crippen LogP contribution in [-0.4, -0.2) is 36.8 Å². The van der Waals surface area contributed by atoms with E-state index >= 15 is 0 Å². The second-order valence-electron chi connectivity index (χ2n) is 8.26. The molecule has 1 aromatic heterocycles. The lowest BCUT2D eigenvalue weighted by atomic mass is 9.97. The van der Waals surface area contributed by atoms with Crippen LogP contribution in [0.1, 0.15) is 28.8 Å². The zero-order valence-corrected chi connectivity index (χ0v) is 21.6. The molecule has 2 heterocycles. The van der Waals surface area contributed by atoms with E-state index in [1.165, 1.54) is 5.56 Å². The number of benzene rings is 2. The first-order chi connectivity index (χ1) is 16.6. The van der Waals surface area contributed by atoms with Gasteiger partial charge in [-0.15, -0.1) is 11.8 Å². The van der Waals surface area contributed by atoms with Crippen LogP contribution < -0.4 is 14.9 Å². The number of nitrogens with zero attached hydrogens (tertiary/aromatic N) is 2. The topological polar surface area (TPSA) is 57.3 Å². The molecule has 1 fully saturated rings. The predicted molar refractivity (Wildman–Crippen MR) is 146 cm³/mol. The Morgan fingerprint density at radius 3 is 2.65 bits per heavy atom. The second-order valence-corrected chi connectivity index (χ2v) is 10.4. The van der Waals surface area contributed by atoms with Gasteiger partial charge in [0.1, 0.15) is 0 Å². The Balaban J connectivity index is 1.33. The molecule has 0 radical (unpaired) electrons. The first-order valence-corrected chi connectivity index (χ1v) is 14.0. The number of rotatable bonds is 9. The molecule has 2 aromatic carbocycles. The summed E-state index contributed by atoms with van der Waals surface area (Å²) in [4.78, 5) is 20.9. The van der Waals surface area contributed by atoms with Crippen LogP contribution in [0.15, 0.2) is 71.8 Å². The maximum Gasteiger partial charge on any atom is 0.255 e. The Labute approximate surface area is 215 Å². The number of amides is 1. The SMILES string of the molecule is CSc1cnc(N2CCC(CNSCc3ccccc3)CC2)c(NC(=O)c2cccc(Cl)c2)c1. The van der Waals surface area contributed by atoms with Crippen molar-refractivity contribution in [1.29, 1.82) is 0 Å². The predicted octanol–water partition coefficient (Wildman–Crippen LogP) is 6.36. The van der Waals surface area contributed by atoms with Crippen molar-refractivity contribution in [3.05, 3.63) is 83.0 Å². The van der Waals surface area contributed by atoms with Gasteiger partial charge >= 0.3 is 0 Å². The molecule has 0 saturated carbocycles. The minimum Gasteiger partial charge on any atom is -0.355 e. The average Bonchev–Trinajstić information content (AvgIpc) is 2.87. The minimum absolute atomic E-state index is 0.182. The van der Waals surface area contributed by atoms with E-state index in [1.54, 1.807) is 48.0 Å². The Morgan fingerprint density at radius 1 is 1.12 bits per heavy atom. The highest BCUT2D eigenvalue weighted by atomic mass is 35.5. The number of carbonyl (C=O) groups is 1. The number of aromatic nitrogens is 1. The summed E-state index contributed by atoms with van der Waals surface area (Å²) in [5.74, 6) is 2.26. The number of piperidine rings is 1. The van der Waals surface area contributed by atoms with E-state index in [-0.39, 0.29) is 5.91 Å².